The molecular weight excluding hydrogens is 136 g/mol. The Bertz CT molecular complexity index is 127. The van der Waals surface area contributed by atoms with Gasteiger partial charge in [0.15, 0.2) is 0 Å². The summed E-state index contributed by atoms with van der Waals surface area (Å²) in [5.74, 6) is 0. The van der Waals surface area contributed by atoms with Gasteiger partial charge in [0.2, 0.25) is 0 Å². The van der Waals surface area contributed by atoms with E-state index in [-0.39, 0.29) is 13.2 Å². The van der Waals surface area contributed by atoms with E-state index in [1.807, 2.05) is 0 Å². The van der Waals surface area contributed by atoms with Crippen LogP contribution in [0.5, 0.6) is 0 Å². The van der Waals surface area contributed by atoms with Gasteiger partial charge in [-0.3, -0.25) is 0 Å². The molecule has 1 heterocycles. The summed E-state index contributed by atoms with van der Waals surface area (Å²) in [5.41, 5.74) is -0.973. The van der Waals surface area contributed by atoms with Crippen LogP contribution in [0.2, 0.25) is 0 Å². The van der Waals surface area contributed by atoms with Crippen LogP contribution in [0.3, 0.4) is 0 Å². The van der Waals surface area contributed by atoms with Gasteiger partial charge in [0.1, 0.15) is 17.8 Å². The average Bonchev–Trinajstić information content (AvgIpc) is 2.19. The highest BCUT2D eigenvalue weighted by Crippen LogP contribution is 2.24. The number of aliphatic hydroxyl groups excluding tert-OH is 3. The van der Waals surface area contributed by atoms with E-state index in [1.165, 1.54) is 0 Å². The largest absolute Gasteiger partial charge is 0.393 e. The highest BCUT2D eigenvalue weighted by molar-refractivity contribution is 4.93. The molecule has 1 fully saturated rings. The quantitative estimate of drug-likeness (QED) is 0.423. The second-order valence-electron chi connectivity index (χ2n) is 2.79. The minimum atomic E-state index is -0.975. The van der Waals surface area contributed by atoms with E-state index in [9.17, 15) is 5.11 Å². The van der Waals surface area contributed by atoms with Crippen molar-refractivity contribution in [1.82, 2.24) is 0 Å². The van der Waals surface area contributed by atoms with E-state index in [2.05, 4.69) is 0 Å². The van der Waals surface area contributed by atoms with E-state index in [1.54, 1.807) is 6.92 Å². The second kappa shape index (κ2) is 2.47. The molecule has 0 spiro atoms. The van der Waals surface area contributed by atoms with Crippen LogP contribution in [-0.2, 0) is 4.74 Å². The predicted octanol–water partition coefficient (Wildman–Crippen LogP) is -1.51. The Hall–Kier alpha value is -0.160. The summed E-state index contributed by atoms with van der Waals surface area (Å²) in [7, 11) is 0. The number of hydrogen-bond acceptors (Lipinski definition) is 4. The van der Waals surface area contributed by atoms with Crippen molar-refractivity contribution < 1.29 is 20.1 Å². The number of aliphatic hydroxyl groups is 3. The van der Waals surface area contributed by atoms with Gasteiger partial charge in [-0.1, -0.05) is 0 Å². The third-order valence-corrected chi connectivity index (χ3v) is 1.89. The molecule has 3 N–H and O–H groups in total. The van der Waals surface area contributed by atoms with Gasteiger partial charge in [-0.05, 0) is 6.92 Å². The molecule has 4 nitrogen and oxygen atoms in total. The summed E-state index contributed by atoms with van der Waals surface area (Å²) in [6.45, 7) is 1.39. The number of ether oxygens (including phenoxy) is 1. The van der Waals surface area contributed by atoms with E-state index >= 15 is 0 Å². The van der Waals surface area contributed by atoms with Gasteiger partial charge in [0.05, 0.1) is 13.2 Å². The van der Waals surface area contributed by atoms with Crippen LogP contribution in [0.15, 0.2) is 0 Å². The molecule has 1 rings (SSSR count). The van der Waals surface area contributed by atoms with Crippen LogP contribution in [-0.4, -0.2) is 46.3 Å². The third-order valence-electron chi connectivity index (χ3n) is 1.89. The Morgan fingerprint density at radius 2 is 2.20 bits per heavy atom. The fraction of sp³-hybridized carbons (Fsp3) is 1.00. The molecule has 3 atom stereocenters. The number of rotatable bonds is 1. The molecule has 0 radical (unpaired) electrons. The highest BCUT2D eigenvalue weighted by atomic mass is 16.6. The van der Waals surface area contributed by atoms with Crippen LogP contribution >= 0.6 is 0 Å². The third kappa shape index (κ3) is 1.03. The lowest BCUT2D eigenvalue weighted by Gasteiger charge is -2.24. The van der Waals surface area contributed by atoms with Crippen LogP contribution in [0.4, 0.5) is 0 Å². The first-order valence-electron chi connectivity index (χ1n) is 3.21. The molecule has 60 valence electrons. The Kier molecular flexibility index (Phi) is 1.96. The summed E-state index contributed by atoms with van der Waals surface area (Å²) in [6.07, 6.45) is -1.84. The van der Waals surface area contributed by atoms with Crippen molar-refractivity contribution >= 4 is 0 Å². The van der Waals surface area contributed by atoms with E-state index in [4.69, 9.17) is 14.9 Å². The first-order chi connectivity index (χ1) is 4.60. The molecule has 0 bridgehead atoms. The summed E-state index contributed by atoms with van der Waals surface area (Å²) in [4.78, 5) is 0. The lowest BCUT2D eigenvalue weighted by molar-refractivity contribution is -0.0816. The minimum absolute atomic E-state index is 0.0955. The van der Waals surface area contributed by atoms with Gasteiger partial charge in [0, 0.05) is 0 Å². The summed E-state index contributed by atoms with van der Waals surface area (Å²) < 4.78 is 4.96. The average molecular weight is 148 g/mol. The molecule has 0 amide bonds. The van der Waals surface area contributed by atoms with Crippen LogP contribution < -0.4 is 0 Å². The maximum absolute atomic E-state index is 9.18. The Morgan fingerprint density at radius 1 is 1.60 bits per heavy atom. The lowest BCUT2D eigenvalue weighted by Crippen LogP contribution is -2.43. The van der Waals surface area contributed by atoms with Crippen molar-refractivity contribution in [2.75, 3.05) is 13.2 Å². The molecular formula is C6H12O4. The SMILES string of the molecule is C[C@@]1(CO)OC[C@@H](O)[C@@H]1O. The van der Waals surface area contributed by atoms with Crippen LogP contribution in [0.1, 0.15) is 6.92 Å². The standard InChI is InChI=1S/C6H12O4/c1-6(3-7)5(9)4(8)2-10-6/h4-5,7-9H,2-3H2,1H3/t4-,5+,6+/m1/s1. The molecule has 0 unspecified atom stereocenters. The van der Waals surface area contributed by atoms with Crippen molar-refractivity contribution in [3.8, 4) is 0 Å². The zero-order valence-electron chi connectivity index (χ0n) is 5.82. The zero-order valence-corrected chi connectivity index (χ0v) is 5.82. The van der Waals surface area contributed by atoms with E-state index in [0.29, 0.717) is 0 Å². The monoisotopic (exact) mass is 148 g/mol. The lowest BCUT2D eigenvalue weighted by atomic mass is 9.99. The molecule has 1 aliphatic rings. The molecule has 0 aliphatic carbocycles. The maximum Gasteiger partial charge on any atom is 0.117 e. The molecule has 1 saturated heterocycles. The smallest absolute Gasteiger partial charge is 0.117 e. The predicted molar refractivity (Wildman–Crippen MR) is 33.5 cm³/mol. The van der Waals surface area contributed by atoms with Crippen LogP contribution in [0, 0.1) is 0 Å². The molecule has 0 aromatic heterocycles. The van der Waals surface area contributed by atoms with Gasteiger partial charge < -0.3 is 20.1 Å². The summed E-state index contributed by atoms with van der Waals surface area (Å²) in [6, 6.07) is 0. The first kappa shape index (κ1) is 7.94. The molecule has 1 aliphatic heterocycles. The molecule has 0 saturated carbocycles. The topological polar surface area (TPSA) is 69.9 Å². The Balaban J connectivity index is 2.64. The maximum atomic E-state index is 9.18. The normalized spacial score (nSPS) is 48.0. The van der Waals surface area contributed by atoms with Gasteiger partial charge in [-0.25, -0.2) is 0 Å². The van der Waals surface area contributed by atoms with Crippen LogP contribution in [0.25, 0.3) is 0 Å². The second-order valence-corrected chi connectivity index (χ2v) is 2.79. The van der Waals surface area contributed by atoms with Crippen molar-refractivity contribution in [1.29, 1.82) is 0 Å². The summed E-state index contributed by atoms with van der Waals surface area (Å²) >= 11 is 0. The summed E-state index contributed by atoms with van der Waals surface area (Å²) in [5, 5.41) is 26.9. The van der Waals surface area contributed by atoms with Crippen molar-refractivity contribution in [2.24, 2.45) is 0 Å². The Labute approximate surface area is 59.1 Å². The zero-order chi connectivity index (χ0) is 7.78. The van der Waals surface area contributed by atoms with Crippen molar-refractivity contribution in [2.45, 2.75) is 24.7 Å². The minimum Gasteiger partial charge on any atom is -0.393 e. The van der Waals surface area contributed by atoms with Crippen molar-refractivity contribution in [3.63, 3.8) is 0 Å². The number of hydrogen-bond donors (Lipinski definition) is 3. The van der Waals surface area contributed by atoms with E-state index in [0.717, 1.165) is 0 Å². The molecule has 0 aromatic carbocycles. The fourth-order valence-corrected chi connectivity index (χ4v) is 0.998. The molecule has 4 heteroatoms. The Morgan fingerprint density at radius 3 is 2.40 bits per heavy atom. The van der Waals surface area contributed by atoms with E-state index < -0.39 is 17.8 Å². The first-order valence-corrected chi connectivity index (χ1v) is 3.21. The van der Waals surface area contributed by atoms with Gasteiger partial charge in [-0.15, -0.1) is 0 Å². The van der Waals surface area contributed by atoms with Gasteiger partial charge in [-0.2, -0.15) is 0 Å². The van der Waals surface area contributed by atoms with Gasteiger partial charge in [0.25, 0.3) is 0 Å². The van der Waals surface area contributed by atoms with Crippen molar-refractivity contribution in [3.05, 3.63) is 0 Å². The highest BCUT2D eigenvalue weighted by Gasteiger charge is 2.44. The fourth-order valence-electron chi connectivity index (χ4n) is 0.998. The van der Waals surface area contributed by atoms with Gasteiger partial charge >= 0.3 is 0 Å². The molecule has 0 aromatic rings. The molecule has 10 heavy (non-hydrogen) atoms.